The predicted octanol–water partition coefficient (Wildman–Crippen LogP) is 2.47. The Hall–Kier alpha value is -3.83. The number of amides is 1. The van der Waals surface area contributed by atoms with Crippen molar-refractivity contribution in [2.75, 3.05) is 82.0 Å². The van der Waals surface area contributed by atoms with Crippen molar-refractivity contribution in [3.05, 3.63) is 47.8 Å². The van der Waals surface area contributed by atoms with E-state index >= 15 is 0 Å². The number of benzene rings is 1. The first-order chi connectivity index (χ1) is 20.0. The van der Waals surface area contributed by atoms with Crippen molar-refractivity contribution in [2.45, 2.75) is 26.3 Å². The molecule has 1 amide bonds. The molecule has 0 bridgehead atoms. The molecule has 3 aliphatic heterocycles. The van der Waals surface area contributed by atoms with Crippen molar-refractivity contribution < 1.29 is 19.4 Å². The second kappa shape index (κ2) is 12.0. The van der Waals surface area contributed by atoms with Crippen molar-refractivity contribution in [3.63, 3.8) is 0 Å². The highest BCUT2D eigenvalue weighted by Crippen LogP contribution is 2.36. The van der Waals surface area contributed by atoms with Crippen LogP contribution in [0.5, 0.6) is 11.8 Å². The number of H-pyrrole nitrogens is 1. The molecule has 3 aromatic rings. The number of anilines is 2. The lowest BCUT2D eigenvalue weighted by atomic mass is 10.0. The predicted molar refractivity (Wildman–Crippen MR) is 158 cm³/mol. The van der Waals surface area contributed by atoms with E-state index in [0.29, 0.717) is 45.3 Å². The molecule has 0 saturated carbocycles. The molecule has 1 aromatic carbocycles. The number of aromatic nitrogens is 3. The van der Waals surface area contributed by atoms with Gasteiger partial charge in [-0.25, -0.2) is 0 Å². The largest absolute Gasteiger partial charge is 0.508 e. The van der Waals surface area contributed by atoms with Gasteiger partial charge in [0, 0.05) is 75.1 Å². The van der Waals surface area contributed by atoms with Gasteiger partial charge in [-0.3, -0.25) is 9.69 Å². The summed E-state index contributed by atoms with van der Waals surface area (Å²) in [5.74, 6) is 1.11. The molecule has 218 valence electrons. The third-order valence-electron chi connectivity index (χ3n) is 8.21. The van der Waals surface area contributed by atoms with Crippen LogP contribution >= 0.6 is 0 Å². The molecule has 0 aliphatic carbocycles. The van der Waals surface area contributed by atoms with E-state index in [-0.39, 0.29) is 11.7 Å². The van der Waals surface area contributed by atoms with Gasteiger partial charge in [0.05, 0.1) is 43.3 Å². The van der Waals surface area contributed by atoms with Gasteiger partial charge in [-0.1, -0.05) is 6.58 Å². The van der Waals surface area contributed by atoms with Crippen LogP contribution in [0.2, 0.25) is 0 Å². The van der Waals surface area contributed by atoms with E-state index in [9.17, 15) is 9.90 Å². The topological polar surface area (TPSA) is 110 Å². The molecule has 41 heavy (non-hydrogen) atoms. The van der Waals surface area contributed by atoms with Gasteiger partial charge in [0.1, 0.15) is 11.6 Å². The number of hydrogen-bond donors (Lipinski definition) is 2. The summed E-state index contributed by atoms with van der Waals surface area (Å²) < 4.78 is 11.6. The number of phenolic OH excluding ortho intramolecular Hbond substituents is 1. The molecule has 2 saturated heterocycles. The van der Waals surface area contributed by atoms with E-state index in [2.05, 4.69) is 32.3 Å². The number of fused-ring (bicyclic) bond motifs is 2. The van der Waals surface area contributed by atoms with Gasteiger partial charge < -0.3 is 34.3 Å². The number of phenols is 1. The Bertz CT molecular complexity index is 1410. The maximum Gasteiger partial charge on any atom is 0.318 e. The van der Waals surface area contributed by atoms with Gasteiger partial charge in [-0.05, 0) is 38.0 Å². The van der Waals surface area contributed by atoms with E-state index in [1.165, 1.54) is 6.08 Å². The number of carbonyl (C=O) groups excluding carboxylic acids is 1. The number of hydrogen-bond acceptors (Lipinski definition) is 9. The zero-order chi connectivity index (χ0) is 28.3. The number of aromatic hydroxyl groups is 1. The second-order valence-electron chi connectivity index (χ2n) is 11.0. The van der Waals surface area contributed by atoms with E-state index in [1.54, 1.807) is 6.07 Å². The molecule has 0 spiro atoms. The van der Waals surface area contributed by atoms with E-state index in [1.807, 2.05) is 17.9 Å². The van der Waals surface area contributed by atoms with Gasteiger partial charge in [-0.2, -0.15) is 9.97 Å². The zero-order valence-corrected chi connectivity index (χ0v) is 23.8. The maximum atomic E-state index is 12.2. The number of ether oxygens (including phenoxy) is 2. The fraction of sp³-hybridized carbons (Fsp3) is 0.500. The van der Waals surface area contributed by atoms with Crippen molar-refractivity contribution >= 4 is 28.3 Å². The van der Waals surface area contributed by atoms with E-state index in [0.717, 1.165) is 91.6 Å². The lowest BCUT2D eigenvalue weighted by molar-refractivity contribution is -0.126. The van der Waals surface area contributed by atoms with E-state index < -0.39 is 0 Å². The lowest BCUT2D eigenvalue weighted by Crippen LogP contribution is -2.49. The average molecular weight is 562 g/mol. The summed E-state index contributed by atoms with van der Waals surface area (Å²) in [4.78, 5) is 34.2. The number of aromatic amines is 1. The number of piperazine rings is 1. The molecule has 3 aliphatic rings. The molecule has 5 heterocycles. The van der Waals surface area contributed by atoms with Gasteiger partial charge in [-0.15, -0.1) is 0 Å². The third kappa shape index (κ3) is 5.96. The van der Waals surface area contributed by atoms with Crippen molar-refractivity contribution in [3.8, 4) is 11.8 Å². The average Bonchev–Trinajstić information content (AvgIpc) is 3.38. The summed E-state index contributed by atoms with van der Waals surface area (Å²) in [6, 6.07) is 6.06. The SMILES string of the molecule is C=CC(=O)N1CCN(c2nc(OCCCN3CCOCC3)nc3c2CCN(c2cc(O)cc4cc(C)[nH]c24)C3)CC1. The maximum absolute atomic E-state index is 12.2. The lowest BCUT2D eigenvalue weighted by Gasteiger charge is -2.38. The van der Waals surface area contributed by atoms with Gasteiger partial charge in [0.15, 0.2) is 0 Å². The van der Waals surface area contributed by atoms with Gasteiger partial charge >= 0.3 is 6.01 Å². The van der Waals surface area contributed by atoms with Crippen molar-refractivity contribution in [2.24, 2.45) is 0 Å². The minimum atomic E-state index is -0.0359. The monoisotopic (exact) mass is 561 g/mol. The first-order valence-electron chi connectivity index (χ1n) is 14.5. The fourth-order valence-corrected chi connectivity index (χ4v) is 6.06. The molecule has 0 radical (unpaired) electrons. The summed E-state index contributed by atoms with van der Waals surface area (Å²) in [6.07, 6.45) is 3.03. The Labute approximate surface area is 240 Å². The Morgan fingerprint density at radius 1 is 1.10 bits per heavy atom. The highest BCUT2D eigenvalue weighted by atomic mass is 16.5. The van der Waals surface area contributed by atoms with Crippen LogP contribution in [0.25, 0.3) is 10.9 Å². The summed E-state index contributed by atoms with van der Waals surface area (Å²) in [5.41, 5.74) is 5.10. The molecule has 11 nitrogen and oxygen atoms in total. The Morgan fingerprint density at radius 3 is 2.68 bits per heavy atom. The third-order valence-corrected chi connectivity index (χ3v) is 8.21. The minimum absolute atomic E-state index is 0.0359. The number of rotatable bonds is 8. The van der Waals surface area contributed by atoms with Crippen LogP contribution in [-0.4, -0.2) is 108 Å². The molecule has 2 fully saturated rings. The molecular formula is C30H39N7O4. The fourth-order valence-electron chi connectivity index (χ4n) is 6.06. The van der Waals surface area contributed by atoms with Gasteiger partial charge in [0.2, 0.25) is 5.91 Å². The highest BCUT2D eigenvalue weighted by Gasteiger charge is 2.29. The van der Waals surface area contributed by atoms with E-state index in [4.69, 9.17) is 19.4 Å². The van der Waals surface area contributed by atoms with Crippen LogP contribution in [0.1, 0.15) is 23.4 Å². The number of morpholine rings is 1. The summed E-state index contributed by atoms with van der Waals surface area (Å²) in [5, 5.41) is 11.4. The Morgan fingerprint density at radius 2 is 1.90 bits per heavy atom. The van der Waals surface area contributed by atoms with Crippen LogP contribution in [0.15, 0.2) is 30.9 Å². The highest BCUT2D eigenvalue weighted by molar-refractivity contribution is 5.93. The first-order valence-corrected chi connectivity index (χ1v) is 14.5. The molecule has 6 rings (SSSR count). The van der Waals surface area contributed by atoms with Crippen molar-refractivity contribution in [1.82, 2.24) is 24.8 Å². The Balaban J connectivity index is 1.24. The molecule has 11 heteroatoms. The summed E-state index contributed by atoms with van der Waals surface area (Å²) in [7, 11) is 0. The summed E-state index contributed by atoms with van der Waals surface area (Å²) >= 11 is 0. The van der Waals surface area contributed by atoms with Crippen LogP contribution < -0.4 is 14.5 Å². The normalized spacial score (nSPS) is 18.0. The van der Waals surface area contributed by atoms with Crippen molar-refractivity contribution in [1.29, 1.82) is 0 Å². The molecule has 0 atom stereocenters. The number of carbonyl (C=O) groups is 1. The second-order valence-corrected chi connectivity index (χ2v) is 11.0. The summed E-state index contributed by atoms with van der Waals surface area (Å²) in [6.45, 7) is 14.6. The Kier molecular flexibility index (Phi) is 7.97. The molecular weight excluding hydrogens is 522 g/mol. The first kappa shape index (κ1) is 27.3. The standard InChI is InChI=1S/C30H39N7O4/c1-3-27(39)35-8-10-36(11-9-35)29-24-5-7-37(26-19-23(38)18-22-17-21(2)31-28(22)26)20-25(24)32-30(33-29)41-14-4-6-34-12-15-40-16-13-34/h3,17-19,31,38H,1,4-16,20H2,2H3. The minimum Gasteiger partial charge on any atom is -0.508 e. The quantitative estimate of drug-likeness (QED) is 0.317. The van der Waals surface area contributed by atoms with Gasteiger partial charge in [0.25, 0.3) is 0 Å². The van der Waals surface area contributed by atoms with Crippen LogP contribution in [0, 0.1) is 6.92 Å². The molecule has 0 unspecified atom stereocenters. The molecule has 2 aromatic heterocycles. The van der Waals surface area contributed by atoms with Crippen LogP contribution in [0.3, 0.4) is 0 Å². The molecule has 2 N–H and O–H groups in total. The number of aryl methyl sites for hydroxylation is 1. The zero-order valence-electron chi connectivity index (χ0n) is 23.8. The smallest absolute Gasteiger partial charge is 0.318 e. The van der Waals surface area contributed by atoms with Crippen LogP contribution in [0.4, 0.5) is 11.5 Å². The number of nitrogens with one attached hydrogen (secondary N) is 1. The number of nitrogens with zero attached hydrogens (tertiary/aromatic N) is 6. The van der Waals surface area contributed by atoms with Crippen LogP contribution in [-0.2, 0) is 22.5 Å².